The number of imide groups is 2. The number of methoxy groups -OCH3 is 1. The second kappa shape index (κ2) is 8.82. The van der Waals surface area contributed by atoms with E-state index in [1.54, 1.807) is 25.3 Å². The van der Waals surface area contributed by atoms with Crippen molar-refractivity contribution in [3.8, 4) is 0 Å². The van der Waals surface area contributed by atoms with E-state index in [2.05, 4.69) is 10.6 Å². The number of carbonyl (C=O) groups is 5. The normalized spacial score (nSPS) is 22.2. The molecule has 0 radical (unpaired) electrons. The van der Waals surface area contributed by atoms with E-state index in [0.29, 0.717) is 19.4 Å². The van der Waals surface area contributed by atoms with Crippen LogP contribution in [0.2, 0.25) is 0 Å². The molecule has 9 heteroatoms. The van der Waals surface area contributed by atoms with Crippen molar-refractivity contribution in [3.05, 3.63) is 34.9 Å². The van der Waals surface area contributed by atoms with Gasteiger partial charge in [-0.25, -0.2) is 0 Å². The number of hydrogen-bond donors (Lipinski definition) is 2. The van der Waals surface area contributed by atoms with Crippen molar-refractivity contribution in [2.75, 3.05) is 13.7 Å². The Morgan fingerprint density at radius 3 is 2.56 bits per heavy atom. The van der Waals surface area contributed by atoms with Gasteiger partial charge in [-0.05, 0) is 62.6 Å². The van der Waals surface area contributed by atoms with Gasteiger partial charge in [0.1, 0.15) is 11.6 Å². The van der Waals surface area contributed by atoms with Gasteiger partial charge in [0.05, 0.1) is 11.1 Å². The number of hydrogen-bond acceptors (Lipinski definition) is 6. The molecule has 2 aliphatic heterocycles. The summed E-state index contributed by atoms with van der Waals surface area (Å²) in [4.78, 5) is 62.6. The van der Waals surface area contributed by atoms with Crippen molar-refractivity contribution in [2.24, 2.45) is 0 Å². The molecule has 0 aromatic heterocycles. The molecular weight excluding hydrogens is 414 g/mol. The highest BCUT2D eigenvalue weighted by Crippen LogP contribution is 2.33. The minimum atomic E-state index is -0.970. The Hall–Kier alpha value is -3.07. The molecule has 170 valence electrons. The lowest BCUT2D eigenvalue weighted by Gasteiger charge is -2.27. The van der Waals surface area contributed by atoms with Crippen molar-refractivity contribution in [1.29, 1.82) is 0 Å². The summed E-state index contributed by atoms with van der Waals surface area (Å²) >= 11 is 0. The Balaban J connectivity index is 1.36. The molecule has 2 heterocycles. The SMILES string of the molecule is COC1(C(=O)NCCCc2ccc3c(c2)C(=O)N(C2CCC(=O)NC2=O)C3=O)CCCC1. The lowest BCUT2D eigenvalue weighted by molar-refractivity contribution is -0.142. The number of nitrogens with zero attached hydrogens (tertiary/aromatic N) is 1. The van der Waals surface area contributed by atoms with Gasteiger partial charge < -0.3 is 10.1 Å². The van der Waals surface area contributed by atoms with Gasteiger partial charge in [-0.2, -0.15) is 0 Å². The summed E-state index contributed by atoms with van der Waals surface area (Å²) in [5.74, 6) is -2.13. The van der Waals surface area contributed by atoms with Crippen LogP contribution in [-0.4, -0.2) is 59.7 Å². The monoisotopic (exact) mass is 441 g/mol. The maximum absolute atomic E-state index is 12.9. The first-order valence-electron chi connectivity index (χ1n) is 11.0. The van der Waals surface area contributed by atoms with Gasteiger partial charge in [0, 0.05) is 20.1 Å². The molecule has 3 aliphatic rings. The van der Waals surface area contributed by atoms with Crippen LogP contribution >= 0.6 is 0 Å². The third-order valence-corrected chi connectivity index (χ3v) is 6.65. The molecule has 0 bridgehead atoms. The maximum atomic E-state index is 12.9. The molecule has 1 aromatic carbocycles. The molecule has 1 saturated heterocycles. The third-order valence-electron chi connectivity index (χ3n) is 6.65. The summed E-state index contributed by atoms with van der Waals surface area (Å²) in [7, 11) is 1.58. The van der Waals surface area contributed by atoms with Crippen LogP contribution in [0.1, 0.15) is 71.2 Å². The van der Waals surface area contributed by atoms with Crippen LogP contribution in [-0.2, 0) is 25.5 Å². The number of ether oxygens (including phenoxy) is 1. The predicted molar refractivity (Wildman–Crippen MR) is 113 cm³/mol. The van der Waals surface area contributed by atoms with Gasteiger partial charge in [-0.1, -0.05) is 6.07 Å². The molecular formula is C23H27N3O6. The first kappa shape index (κ1) is 22.1. The molecule has 1 aliphatic carbocycles. The minimum absolute atomic E-state index is 0.0768. The number of amides is 5. The van der Waals surface area contributed by atoms with E-state index in [4.69, 9.17) is 4.74 Å². The van der Waals surface area contributed by atoms with Gasteiger partial charge in [-0.3, -0.25) is 34.2 Å². The summed E-state index contributed by atoms with van der Waals surface area (Å²) in [6.07, 6.45) is 4.95. The van der Waals surface area contributed by atoms with E-state index < -0.39 is 35.3 Å². The van der Waals surface area contributed by atoms with E-state index in [9.17, 15) is 24.0 Å². The highest BCUT2D eigenvalue weighted by Gasteiger charge is 2.44. The topological polar surface area (TPSA) is 122 Å². The van der Waals surface area contributed by atoms with E-state index in [1.807, 2.05) is 0 Å². The van der Waals surface area contributed by atoms with Crippen LogP contribution in [0.25, 0.3) is 0 Å². The fourth-order valence-corrected chi connectivity index (χ4v) is 4.80. The fourth-order valence-electron chi connectivity index (χ4n) is 4.80. The molecule has 5 amide bonds. The standard InChI is InChI=1S/C23H27N3O6/c1-32-23(10-2-3-11-23)22(31)24-12-4-5-14-6-7-15-16(13-14)21(30)26(20(15)29)17-8-9-18(27)25-19(17)28/h6-7,13,17H,2-5,8-12H2,1H3,(H,24,31)(H,25,27,28). The summed E-state index contributed by atoms with van der Waals surface area (Å²) in [6, 6.07) is 4.10. The van der Waals surface area contributed by atoms with Crippen LogP contribution in [0.3, 0.4) is 0 Å². The predicted octanol–water partition coefficient (Wildman–Crippen LogP) is 1.10. The number of rotatable bonds is 7. The molecule has 4 rings (SSSR count). The lowest BCUT2D eigenvalue weighted by atomic mass is 10.0. The Morgan fingerprint density at radius 1 is 1.16 bits per heavy atom. The summed E-state index contributed by atoms with van der Waals surface area (Å²) < 4.78 is 5.49. The van der Waals surface area contributed by atoms with Gasteiger partial charge >= 0.3 is 0 Å². The minimum Gasteiger partial charge on any atom is -0.368 e. The molecule has 1 aromatic rings. The first-order chi connectivity index (χ1) is 15.4. The molecule has 1 unspecified atom stereocenters. The smallest absolute Gasteiger partial charge is 0.262 e. The van der Waals surface area contributed by atoms with Crippen LogP contribution in [0.15, 0.2) is 18.2 Å². The van der Waals surface area contributed by atoms with Crippen LogP contribution in [0.5, 0.6) is 0 Å². The highest BCUT2D eigenvalue weighted by molar-refractivity contribution is 6.23. The van der Waals surface area contributed by atoms with Crippen LogP contribution in [0.4, 0.5) is 0 Å². The summed E-state index contributed by atoms with van der Waals surface area (Å²) in [5.41, 5.74) is 0.692. The zero-order chi connectivity index (χ0) is 22.9. The zero-order valence-corrected chi connectivity index (χ0v) is 18.1. The number of piperidine rings is 1. The van der Waals surface area contributed by atoms with Crippen molar-refractivity contribution < 1.29 is 28.7 Å². The Labute approximate surface area is 185 Å². The van der Waals surface area contributed by atoms with E-state index in [-0.39, 0.29) is 29.9 Å². The first-order valence-corrected chi connectivity index (χ1v) is 11.0. The number of aryl methyl sites for hydroxylation is 1. The van der Waals surface area contributed by atoms with E-state index in [1.165, 1.54) is 0 Å². The van der Waals surface area contributed by atoms with E-state index in [0.717, 1.165) is 36.1 Å². The molecule has 32 heavy (non-hydrogen) atoms. The van der Waals surface area contributed by atoms with E-state index >= 15 is 0 Å². The summed E-state index contributed by atoms with van der Waals surface area (Å²) in [5, 5.41) is 5.14. The van der Waals surface area contributed by atoms with Crippen molar-refractivity contribution in [1.82, 2.24) is 15.5 Å². The summed E-state index contributed by atoms with van der Waals surface area (Å²) in [6.45, 7) is 0.482. The molecule has 2 N–H and O–H groups in total. The van der Waals surface area contributed by atoms with Crippen molar-refractivity contribution in [2.45, 2.75) is 63.0 Å². The van der Waals surface area contributed by atoms with Gasteiger partial charge in [0.25, 0.3) is 17.7 Å². The van der Waals surface area contributed by atoms with Crippen molar-refractivity contribution >= 4 is 29.5 Å². The Bertz CT molecular complexity index is 982. The fraction of sp³-hybridized carbons (Fsp3) is 0.522. The third kappa shape index (κ3) is 3.92. The highest BCUT2D eigenvalue weighted by atomic mass is 16.5. The molecule has 2 fully saturated rings. The average Bonchev–Trinajstić information content (AvgIpc) is 3.36. The number of nitrogens with one attached hydrogen (secondary N) is 2. The Morgan fingerprint density at radius 2 is 1.88 bits per heavy atom. The van der Waals surface area contributed by atoms with Crippen LogP contribution in [0, 0.1) is 0 Å². The maximum Gasteiger partial charge on any atom is 0.262 e. The average molecular weight is 441 g/mol. The molecule has 9 nitrogen and oxygen atoms in total. The lowest BCUT2D eigenvalue weighted by Crippen LogP contribution is -2.54. The quantitative estimate of drug-likeness (QED) is 0.483. The Kier molecular flexibility index (Phi) is 6.10. The second-order valence-corrected chi connectivity index (χ2v) is 8.59. The molecule has 1 atom stereocenters. The van der Waals surface area contributed by atoms with Gasteiger partial charge in [0.15, 0.2) is 0 Å². The second-order valence-electron chi connectivity index (χ2n) is 8.59. The molecule has 0 spiro atoms. The van der Waals surface area contributed by atoms with Crippen molar-refractivity contribution in [3.63, 3.8) is 0 Å². The molecule has 1 saturated carbocycles. The largest absolute Gasteiger partial charge is 0.368 e. The number of benzene rings is 1. The zero-order valence-electron chi connectivity index (χ0n) is 18.1. The number of fused-ring (bicyclic) bond motifs is 1. The van der Waals surface area contributed by atoms with Gasteiger partial charge in [-0.15, -0.1) is 0 Å². The van der Waals surface area contributed by atoms with Crippen LogP contribution < -0.4 is 10.6 Å². The van der Waals surface area contributed by atoms with Gasteiger partial charge in [0.2, 0.25) is 11.8 Å². The number of carbonyl (C=O) groups excluding carboxylic acids is 5.